The molecular weight excluding hydrogens is 264 g/mol. The molecule has 19 heavy (non-hydrogen) atoms. The predicted molar refractivity (Wildman–Crippen MR) is 71.7 cm³/mol. The number of hydrogen-bond donors (Lipinski definition) is 1. The van der Waals surface area contributed by atoms with Gasteiger partial charge in [-0.1, -0.05) is 0 Å². The lowest BCUT2D eigenvalue weighted by atomic mass is 10.3. The Morgan fingerprint density at radius 2 is 2.37 bits per heavy atom. The van der Waals surface area contributed by atoms with E-state index >= 15 is 0 Å². The largest absolute Gasteiger partial charge is 0.281 e. The number of nitrogens with zero attached hydrogens (tertiary/aromatic N) is 5. The molecule has 98 valence electrons. The summed E-state index contributed by atoms with van der Waals surface area (Å²) >= 11 is 1.43. The molecule has 3 heterocycles. The number of aryl methyl sites for hydroxylation is 2. The second-order valence-electron chi connectivity index (χ2n) is 4.02. The lowest BCUT2D eigenvalue weighted by molar-refractivity contribution is 0.101. The molecule has 0 aliphatic carbocycles. The molecular formula is C11H12N6OS. The summed E-state index contributed by atoms with van der Waals surface area (Å²) in [6, 6.07) is 1.86. The van der Waals surface area contributed by atoms with Crippen molar-refractivity contribution in [3.8, 4) is 0 Å². The summed E-state index contributed by atoms with van der Waals surface area (Å²) in [6.45, 7) is 4.76. The van der Waals surface area contributed by atoms with Crippen LogP contribution in [0.3, 0.4) is 0 Å². The summed E-state index contributed by atoms with van der Waals surface area (Å²) in [5.41, 5.74) is 3.57. The van der Waals surface area contributed by atoms with Crippen LogP contribution in [0, 0.1) is 6.92 Å². The van der Waals surface area contributed by atoms with Crippen molar-refractivity contribution >= 4 is 27.5 Å². The normalized spacial score (nSPS) is 11.1. The lowest BCUT2D eigenvalue weighted by Gasteiger charge is -2.00. The second kappa shape index (κ2) is 4.47. The highest BCUT2D eigenvalue weighted by Gasteiger charge is 2.15. The quantitative estimate of drug-likeness (QED) is 0.784. The summed E-state index contributed by atoms with van der Waals surface area (Å²) in [5.74, 6) is -0.200. The Balaban J connectivity index is 1.95. The number of aromatic nitrogens is 5. The molecule has 7 nitrogen and oxygen atoms in total. The molecule has 0 saturated heterocycles. The zero-order chi connectivity index (χ0) is 13.4. The summed E-state index contributed by atoms with van der Waals surface area (Å²) in [4.78, 5) is 15.0. The van der Waals surface area contributed by atoms with Gasteiger partial charge >= 0.3 is 0 Å². The van der Waals surface area contributed by atoms with E-state index in [2.05, 4.69) is 20.8 Å². The van der Waals surface area contributed by atoms with Gasteiger partial charge in [-0.2, -0.15) is 9.89 Å². The van der Waals surface area contributed by atoms with Crippen LogP contribution < -0.4 is 5.43 Å². The van der Waals surface area contributed by atoms with Crippen molar-refractivity contribution in [3.63, 3.8) is 0 Å². The number of carbonyl (C=O) groups is 1. The van der Waals surface area contributed by atoms with Crippen molar-refractivity contribution in [2.45, 2.75) is 20.4 Å². The van der Waals surface area contributed by atoms with Crippen molar-refractivity contribution in [2.24, 2.45) is 0 Å². The van der Waals surface area contributed by atoms with Crippen molar-refractivity contribution in [2.75, 3.05) is 5.43 Å². The Labute approximate surface area is 112 Å². The van der Waals surface area contributed by atoms with Gasteiger partial charge in [0.2, 0.25) is 0 Å². The third kappa shape index (κ3) is 1.99. The van der Waals surface area contributed by atoms with Gasteiger partial charge in [0.05, 0.1) is 23.0 Å². The Morgan fingerprint density at radius 1 is 1.53 bits per heavy atom. The molecule has 8 heteroatoms. The molecule has 0 fully saturated rings. The average Bonchev–Trinajstić information content (AvgIpc) is 3.07. The summed E-state index contributed by atoms with van der Waals surface area (Å²) in [6.07, 6.45) is 3.08. The van der Waals surface area contributed by atoms with E-state index in [1.165, 1.54) is 22.3 Å². The van der Waals surface area contributed by atoms with Gasteiger partial charge in [0.1, 0.15) is 4.83 Å². The zero-order valence-electron chi connectivity index (χ0n) is 10.5. The molecule has 0 bridgehead atoms. The Morgan fingerprint density at radius 3 is 3.05 bits per heavy atom. The highest BCUT2D eigenvalue weighted by molar-refractivity contribution is 7.20. The summed E-state index contributed by atoms with van der Waals surface area (Å²) in [5, 5.41) is 12.8. The fourth-order valence-electron chi connectivity index (χ4n) is 1.87. The molecule has 3 rings (SSSR count). The Bertz CT molecular complexity index is 726. The topological polar surface area (TPSA) is 77.6 Å². The van der Waals surface area contributed by atoms with Gasteiger partial charge in [-0.05, 0) is 25.1 Å². The van der Waals surface area contributed by atoms with Crippen LogP contribution in [0.15, 0.2) is 18.5 Å². The molecule has 0 saturated carbocycles. The number of thiophene rings is 1. The third-order valence-electron chi connectivity index (χ3n) is 2.77. The average molecular weight is 276 g/mol. The van der Waals surface area contributed by atoms with E-state index in [0.717, 1.165) is 22.5 Å². The van der Waals surface area contributed by atoms with Gasteiger partial charge in [0, 0.05) is 11.9 Å². The van der Waals surface area contributed by atoms with Crippen LogP contribution in [0.2, 0.25) is 0 Å². The van der Waals surface area contributed by atoms with Crippen LogP contribution in [-0.4, -0.2) is 30.8 Å². The highest BCUT2D eigenvalue weighted by Crippen LogP contribution is 2.28. The maximum Gasteiger partial charge on any atom is 0.281 e. The second-order valence-corrected chi connectivity index (χ2v) is 5.05. The molecule has 1 amide bonds. The number of fused-ring (bicyclic) bond motifs is 1. The number of rotatable bonds is 3. The molecule has 0 atom stereocenters. The van der Waals surface area contributed by atoms with Crippen molar-refractivity contribution in [1.29, 1.82) is 0 Å². The fraction of sp³-hybridized carbons (Fsp3) is 0.273. The maximum atomic E-state index is 12.1. The standard InChI is InChI=1S/C11H12N6OS/c1-3-16-11-8(7(2)13-16)6-9(19-11)10(18)14-17-5-4-12-15-17/h4-6H,3H2,1-2H3,(H,14,18). The predicted octanol–water partition coefficient (Wildman–Crippen LogP) is 1.40. The van der Waals surface area contributed by atoms with Crippen molar-refractivity contribution in [3.05, 3.63) is 29.0 Å². The molecule has 0 aliphatic rings. The number of hydrogen-bond acceptors (Lipinski definition) is 5. The smallest absolute Gasteiger partial charge is 0.266 e. The molecule has 0 aliphatic heterocycles. The molecule has 0 spiro atoms. The number of amides is 1. The first-order valence-corrected chi connectivity index (χ1v) is 6.65. The molecule has 0 aromatic carbocycles. The lowest BCUT2D eigenvalue weighted by Crippen LogP contribution is -2.22. The first-order chi connectivity index (χ1) is 9.19. The van der Waals surface area contributed by atoms with E-state index in [1.54, 1.807) is 6.20 Å². The van der Waals surface area contributed by atoms with Gasteiger partial charge in [-0.15, -0.1) is 16.4 Å². The molecule has 0 unspecified atom stereocenters. The summed E-state index contributed by atoms with van der Waals surface area (Å²) in [7, 11) is 0. The number of carbonyl (C=O) groups excluding carboxylic acids is 1. The van der Waals surface area contributed by atoms with E-state index in [1.807, 2.05) is 24.6 Å². The zero-order valence-corrected chi connectivity index (χ0v) is 11.3. The van der Waals surface area contributed by atoms with E-state index < -0.39 is 0 Å². The molecule has 0 radical (unpaired) electrons. The third-order valence-corrected chi connectivity index (χ3v) is 3.92. The van der Waals surface area contributed by atoms with E-state index in [9.17, 15) is 4.79 Å². The SMILES string of the molecule is CCn1nc(C)c2cc(C(=O)Nn3ccnn3)sc21. The first kappa shape index (κ1) is 11.8. The monoisotopic (exact) mass is 276 g/mol. The van der Waals surface area contributed by atoms with Crippen LogP contribution >= 0.6 is 11.3 Å². The summed E-state index contributed by atoms with van der Waals surface area (Å²) < 4.78 is 1.90. The van der Waals surface area contributed by atoms with Gasteiger partial charge in [0.25, 0.3) is 5.91 Å². The van der Waals surface area contributed by atoms with Gasteiger partial charge < -0.3 is 0 Å². The Hall–Kier alpha value is -2.22. The van der Waals surface area contributed by atoms with Crippen LogP contribution in [0.4, 0.5) is 0 Å². The van der Waals surface area contributed by atoms with Crippen LogP contribution in [0.5, 0.6) is 0 Å². The minimum absolute atomic E-state index is 0.200. The van der Waals surface area contributed by atoms with Crippen molar-refractivity contribution < 1.29 is 4.79 Å². The molecule has 3 aromatic heterocycles. The minimum Gasteiger partial charge on any atom is -0.266 e. The number of nitrogens with one attached hydrogen (secondary N) is 1. The highest BCUT2D eigenvalue weighted by atomic mass is 32.1. The Kier molecular flexibility index (Phi) is 2.79. The van der Waals surface area contributed by atoms with Gasteiger partial charge in [0.15, 0.2) is 0 Å². The molecule has 3 aromatic rings. The van der Waals surface area contributed by atoms with Crippen LogP contribution in [0.1, 0.15) is 22.3 Å². The minimum atomic E-state index is -0.200. The van der Waals surface area contributed by atoms with E-state index in [4.69, 9.17) is 0 Å². The van der Waals surface area contributed by atoms with E-state index in [-0.39, 0.29) is 5.91 Å². The fourth-order valence-corrected chi connectivity index (χ4v) is 2.98. The van der Waals surface area contributed by atoms with Crippen LogP contribution in [-0.2, 0) is 6.54 Å². The first-order valence-electron chi connectivity index (χ1n) is 5.83. The van der Waals surface area contributed by atoms with Crippen molar-refractivity contribution in [1.82, 2.24) is 24.9 Å². The molecule has 1 N–H and O–H groups in total. The van der Waals surface area contributed by atoms with Crippen LogP contribution in [0.25, 0.3) is 10.2 Å². The maximum absolute atomic E-state index is 12.1. The van der Waals surface area contributed by atoms with E-state index in [0.29, 0.717) is 4.88 Å². The van der Waals surface area contributed by atoms with Gasteiger partial charge in [-0.25, -0.2) is 5.43 Å². The van der Waals surface area contributed by atoms with Gasteiger partial charge in [-0.3, -0.25) is 9.48 Å².